The monoisotopic (exact) mass is 649 g/mol. The Morgan fingerprint density at radius 2 is 1.71 bits per heavy atom. The van der Waals surface area contributed by atoms with E-state index >= 15 is 0 Å². The lowest BCUT2D eigenvalue weighted by molar-refractivity contribution is 0.403. The highest BCUT2D eigenvalue weighted by atomic mass is 32.1. The molecule has 7 rings (SSSR count). The largest absolute Gasteiger partial charge is 0.337 e. The first-order valence-electron chi connectivity index (χ1n) is 18.0. The minimum absolute atomic E-state index is 0.0196. The van der Waals surface area contributed by atoms with Crippen molar-refractivity contribution in [3.63, 3.8) is 0 Å². The molecule has 0 radical (unpaired) electrons. The van der Waals surface area contributed by atoms with Crippen molar-refractivity contribution in [3.05, 3.63) is 142 Å². The van der Waals surface area contributed by atoms with Gasteiger partial charge in [-0.15, -0.1) is 11.3 Å². The second-order valence-corrected chi connectivity index (χ2v) is 16.4. The fraction of sp³-hybridized carbons (Fsp3) is 0.348. The number of allylic oxidation sites excluding steroid dienone is 8. The van der Waals surface area contributed by atoms with Crippen LogP contribution >= 0.6 is 11.3 Å². The Kier molecular flexibility index (Phi) is 8.31. The predicted molar refractivity (Wildman–Crippen MR) is 211 cm³/mol. The van der Waals surface area contributed by atoms with Gasteiger partial charge in [0.2, 0.25) is 0 Å². The number of fused-ring (bicyclic) bond motifs is 5. The van der Waals surface area contributed by atoms with E-state index in [1.165, 1.54) is 65.3 Å². The third-order valence-corrected chi connectivity index (χ3v) is 13.1. The molecule has 3 aliphatic rings. The van der Waals surface area contributed by atoms with Crippen LogP contribution in [0.4, 0.5) is 11.4 Å². The van der Waals surface area contributed by atoms with E-state index in [0.717, 1.165) is 19.3 Å². The van der Waals surface area contributed by atoms with E-state index in [1.807, 2.05) is 17.4 Å². The molecule has 0 saturated heterocycles. The molecule has 0 spiro atoms. The van der Waals surface area contributed by atoms with Crippen LogP contribution in [-0.4, -0.2) is 6.04 Å². The van der Waals surface area contributed by atoms with Gasteiger partial charge in [0, 0.05) is 22.0 Å². The second kappa shape index (κ2) is 12.2. The van der Waals surface area contributed by atoms with Gasteiger partial charge in [-0.2, -0.15) is 0 Å². The van der Waals surface area contributed by atoms with Gasteiger partial charge in [-0.25, -0.2) is 0 Å². The van der Waals surface area contributed by atoms with Gasteiger partial charge >= 0.3 is 0 Å². The first-order chi connectivity index (χ1) is 23.0. The van der Waals surface area contributed by atoms with Gasteiger partial charge in [0.15, 0.2) is 0 Å². The van der Waals surface area contributed by atoms with Crippen LogP contribution in [-0.2, 0) is 5.41 Å². The lowest BCUT2D eigenvalue weighted by Gasteiger charge is -2.32. The summed E-state index contributed by atoms with van der Waals surface area (Å²) in [6.07, 6.45) is 12.1. The first-order valence-corrected chi connectivity index (χ1v) is 18.8. The summed E-state index contributed by atoms with van der Waals surface area (Å²) in [4.78, 5) is 4.10. The number of para-hydroxylation sites is 1. The second-order valence-electron chi connectivity index (χ2n) is 15.4. The number of nitrogens with zero attached hydrogens (tertiary/aromatic N) is 1. The van der Waals surface area contributed by atoms with Crippen LogP contribution < -0.4 is 4.90 Å². The topological polar surface area (TPSA) is 3.24 Å². The van der Waals surface area contributed by atoms with E-state index in [-0.39, 0.29) is 16.9 Å². The highest BCUT2D eigenvalue weighted by Gasteiger charge is 2.43. The van der Waals surface area contributed by atoms with Crippen LogP contribution in [0.15, 0.2) is 120 Å². The first kappa shape index (κ1) is 32.7. The van der Waals surface area contributed by atoms with Crippen LogP contribution in [0, 0.1) is 11.3 Å². The van der Waals surface area contributed by atoms with Crippen molar-refractivity contribution >= 4 is 43.9 Å². The number of thiophene rings is 1. The van der Waals surface area contributed by atoms with E-state index in [0.29, 0.717) is 11.8 Å². The van der Waals surface area contributed by atoms with E-state index in [2.05, 4.69) is 158 Å². The van der Waals surface area contributed by atoms with Crippen LogP contribution in [0.5, 0.6) is 0 Å². The Hall–Kier alpha value is -3.88. The van der Waals surface area contributed by atoms with Crippen LogP contribution in [0.1, 0.15) is 102 Å². The van der Waals surface area contributed by atoms with E-state index in [4.69, 9.17) is 0 Å². The molecule has 246 valence electrons. The highest BCUT2D eigenvalue weighted by Crippen LogP contribution is 2.60. The molecule has 3 aliphatic carbocycles. The minimum atomic E-state index is 0.0196. The van der Waals surface area contributed by atoms with Crippen molar-refractivity contribution in [2.45, 2.75) is 92.0 Å². The summed E-state index contributed by atoms with van der Waals surface area (Å²) in [5.74, 6) is 1.00. The van der Waals surface area contributed by atoms with E-state index in [9.17, 15) is 0 Å². The summed E-state index contributed by atoms with van der Waals surface area (Å²) >= 11 is 2.02. The molecule has 3 atom stereocenters. The summed E-state index contributed by atoms with van der Waals surface area (Å²) in [5, 5.41) is 1.43. The minimum Gasteiger partial charge on any atom is -0.337 e. The standard InChI is InChI=1S/C46H51NS/c1-10-12-23-37-31(5)42-39(46(37,8)9)28-29(3)41-35-22-18-25-40(43(35)48-44(41)42)47(32-19-14-13-15-20-32)30(4)26-27-34-33-21-16-17-24-38(33)45(6,7)36(34)11-2/h10,12-25,27,29-30,36H,1,11,26,28H2,2-9H3/b23-12-,34-27-/t29-,30?,36?/m1/s1. The SMILES string of the molecule is C=C/C=C\C1=C(C)C2=C(C[C@@H](C)c3c2sc2c(N(c4ccccc4)C(C)C/C=C4/c5ccccc5C(C)(C)C4CC)cccc32)C1(C)C. The number of anilines is 2. The van der Waals surface area contributed by atoms with E-state index < -0.39 is 0 Å². The number of benzene rings is 3. The maximum Gasteiger partial charge on any atom is 0.0594 e. The summed E-state index contributed by atoms with van der Waals surface area (Å²) in [7, 11) is 0. The van der Waals surface area contributed by atoms with Crippen LogP contribution in [0.2, 0.25) is 0 Å². The molecular weight excluding hydrogens is 599 g/mol. The smallest absolute Gasteiger partial charge is 0.0594 e. The summed E-state index contributed by atoms with van der Waals surface area (Å²) in [5.41, 5.74) is 14.7. The number of rotatable bonds is 8. The zero-order chi connectivity index (χ0) is 34.0. The van der Waals surface area contributed by atoms with Gasteiger partial charge in [-0.05, 0) is 113 Å². The Morgan fingerprint density at radius 1 is 0.979 bits per heavy atom. The van der Waals surface area contributed by atoms with Crippen molar-refractivity contribution in [1.82, 2.24) is 0 Å². The van der Waals surface area contributed by atoms with E-state index in [1.54, 1.807) is 5.57 Å². The fourth-order valence-corrected chi connectivity index (χ4v) is 11.1. The quantitative estimate of drug-likeness (QED) is 0.172. The molecule has 0 N–H and O–H groups in total. The Bertz CT molecular complexity index is 2020. The van der Waals surface area contributed by atoms with Crippen molar-refractivity contribution in [2.24, 2.45) is 11.3 Å². The average Bonchev–Trinajstić information content (AvgIpc) is 3.63. The van der Waals surface area contributed by atoms with Gasteiger partial charge in [0.25, 0.3) is 0 Å². The third kappa shape index (κ3) is 4.94. The number of hydrogen-bond donors (Lipinski definition) is 0. The molecule has 2 unspecified atom stereocenters. The Labute approximate surface area is 293 Å². The molecular formula is C46H51NS. The lowest BCUT2D eigenvalue weighted by atomic mass is 9.73. The van der Waals surface area contributed by atoms with Gasteiger partial charge in [0.05, 0.1) is 10.4 Å². The number of hydrogen-bond acceptors (Lipinski definition) is 2. The molecule has 4 aromatic rings. The summed E-state index contributed by atoms with van der Waals surface area (Å²) in [6.45, 7) is 23.2. The zero-order valence-electron chi connectivity index (χ0n) is 30.2. The summed E-state index contributed by atoms with van der Waals surface area (Å²) in [6, 6.07) is 27.5. The molecule has 1 heterocycles. The Morgan fingerprint density at radius 3 is 2.44 bits per heavy atom. The van der Waals surface area contributed by atoms with Crippen molar-refractivity contribution in [2.75, 3.05) is 4.90 Å². The Balaban J connectivity index is 1.35. The highest BCUT2D eigenvalue weighted by molar-refractivity contribution is 7.21. The molecule has 0 aliphatic heterocycles. The molecule has 1 nitrogen and oxygen atoms in total. The van der Waals surface area contributed by atoms with Crippen molar-refractivity contribution in [3.8, 4) is 0 Å². The molecule has 0 amide bonds. The van der Waals surface area contributed by atoms with Gasteiger partial charge in [0.1, 0.15) is 0 Å². The molecule has 0 saturated carbocycles. The van der Waals surface area contributed by atoms with Crippen molar-refractivity contribution in [1.29, 1.82) is 0 Å². The van der Waals surface area contributed by atoms with Crippen LogP contribution in [0.25, 0.3) is 21.2 Å². The average molecular weight is 650 g/mol. The molecule has 3 aromatic carbocycles. The summed E-state index contributed by atoms with van der Waals surface area (Å²) < 4.78 is 1.41. The molecule has 48 heavy (non-hydrogen) atoms. The van der Waals surface area contributed by atoms with Crippen molar-refractivity contribution < 1.29 is 0 Å². The maximum absolute atomic E-state index is 3.96. The third-order valence-electron chi connectivity index (χ3n) is 11.9. The maximum atomic E-state index is 3.96. The van der Waals surface area contributed by atoms with Gasteiger partial charge in [-0.3, -0.25) is 0 Å². The van der Waals surface area contributed by atoms with Gasteiger partial charge < -0.3 is 4.90 Å². The predicted octanol–water partition coefficient (Wildman–Crippen LogP) is 13.6. The normalized spacial score (nSPS) is 22.4. The van der Waals surface area contributed by atoms with Crippen LogP contribution in [0.3, 0.4) is 0 Å². The molecule has 0 fully saturated rings. The lowest BCUT2D eigenvalue weighted by Crippen LogP contribution is -2.28. The van der Waals surface area contributed by atoms with Gasteiger partial charge in [-0.1, -0.05) is 133 Å². The molecule has 0 bridgehead atoms. The zero-order valence-corrected chi connectivity index (χ0v) is 31.0. The molecule has 1 aromatic heterocycles. The fourth-order valence-electron chi connectivity index (χ4n) is 9.53. The molecule has 2 heteroatoms.